The van der Waals surface area contributed by atoms with E-state index in [0.717, 1.165) is 11.9 Å². The Hall–Kier alpha value is -2.21. The molecule has 0 amide bonds. The summed E-state index contributed by atoms with van der Waals surface area (Å²) in [6.07, 6.45) is 18.3. The highest BCUT2D eigenvalue weighted by molar-refractivity contribution is 5.89. The van der Waals surface area contributed by atoms with Gasteiger partial charge in [0.05, 0.1) is 17.6 Å². The molecule has 1 saturated carbocycles. The van der Waals surface area contributed by atoms with E-state index in [2.05, 4.69) is 16.8 Å². The van der Waals surface area contributed by atoms with E-state index < -0.39 is 5.97 Å². The van der Waals surface area contributed by atoms with Crippen LogP contribution in [0.15, 0.2) is 29.1 Å². The van der Waals surface area contributed by atoms with Crippen LogP contribution >= 0.6 is 0 Å². The molecule has 1 aliphatic heterocycles. The van der Waals surface area contributed by atoms with Crippen LogP contribution in [0.1, 0.15) is 134 Å². The van der Waals surface area contributed by atoms with Gasteiger partial charge in [-0.3, -0.25) is 9.69 Å². The number of hydrogen-bond acceptors (Lipinski definition) is 5. The topological polar surface area (TPSA) is 64.4 Å². The minimum Gasteiger partial charge on any atom is -0.461 e. The Balaban J connectivity index is 0.00000195. The zero-order valence-electron chi connectivity index (χ0n) is 24.4. The normalized spacial score (nSPS) is 21.1. The summed E-state index contributed by atoms with van der Waals surface area (Å²) in [4.78, 5) is 33.2. The monoisotopic (exact) mass is 525 g/mol. The zero-order valence-corrected chi connectivity index (χ0v) is 24.4. The molecule has 1 aromatic heterocycles. The summed E-state index contributed by atoms with van der Waals surface area (Å²) < 4.78 is 6.95. The van der Waals surface area contributed by atoms with Crippen LogP contribution in [0.5, 0.6) is 0 Å². The van der Waals surface area contributed by atoms with Crippen molar-refractivity contribution in [3.63, 3.8) is 0 Å². The van der Waals surface area contributed by atoms with E-state index in [9.17, 15) is 9.59 Å². The molecule has 212 valence electrons. The van der Waals surface area contributed by atoms with Gasteiger partial charge >= 0.3 is 5.97 Å². The number of likely N-dealkylation sites (tertiary alicyclic amines) is 1. The first kappa shape index (κ1) is 30.3. The Bertz CT molecular complexity index is 1040. The van der Waals surface area contributed by atoms with Crippen molar-refractivity contribution >= 4 is 17.0 Å². The number of fused-ring (bicyclic) bond motifs is 1. The van der Waals surface area contributed by atoms with Gasteiger partial charge in [-0.2, -0.15) is 0 Å². The maximum atomic E-state index is 13.5. The molecule has 2 aliphatic rings. The van der Waals surface area contributed by atoms with Crippen LogP contribution in [0.4, 0.5) is 0 Å². The fourth-order valence-corrected chi connectivity index (χ4v) is 6.49. The molecule has 6 heteroatoms. The van der Waals surface area contributed by atoms with Crippen molar-refractivity contribution in [2.24, 2.45) is 0 Å². The molecular weight excluding hydrogens is 474 g/mol. The number of hydrogen-bond donors (Lipinski definition) is 0. The van der Waals surface area contributed by atoms with Gasteiger partial charge in [0.1, 0.15) is 0 Å². The summed E-state index contributed by atoms with van der Waals surface area (Å²) >= 11 is 0. The van der Waals surface area contributed by atoms with Gasteiger partial charge in [0.15, 0.2) is 0 Å². The average molecular weight is 526 g/mol. The lowest BCUT2D eigenvalue weighted by Gasteiger charge is -2.35. The molecule has 0 spiro atoms. The molecule has 1 aliphatic carbocycles. The highest BCUT2D eigenvalue weighted by atomic mass is 16.5. The number of esters is 1. The summed E-state index contributed by atoms with van der Waals surface area (Å²) in [7, 11) is 0. The molecule has 6 nitrogen and oxygen atoms in total. The molecule has 0 radical (unpaired) electrons. The van der Waals surface area contributed by atoms with Crippen LogP contribution in [-0.4, -0.2) is 45.7 Å². The summed E-state index contributed by atoms with van der Waals surface area (Å²) in [5, 5.41) is 0. The molecule has 4 rings (SSSR count). The number of benzene rings is 1. The Labute approximate surface area is 230 Å². The molecule has 0 N–H and O–H groups in total. The molecule has 1 aromatic carbocycles. The molecule has 2 fully saturated rings. The van der Waals surface area contributed by atoms with Gasteiger partial charge in [0.25, 0.3) is 5.56 Å². The molecular formula is C32H51N3O3. The lowest BCUT2D eigenvalue weighted by Crippen LogP contribution is -2.41. The van der Waals surface area contributed by atoms with Gasteiger partial charge in [0, 0.05) is 18.1 Å². The van der Waals surface area contributed by atoms with Crippen LogP contribution in [0, 0.1) is 0 Å². The number of para-hydroxylation sites is 2. The third-order valence-corrected chi connectivity index (χ3v) is 8.28. The van der Waals surface area contributed by atoms with Crippen molar-refractivity contribution in [2.75, 3.05) is 13.2 Å². The van der Waals surface area contributed by atoms with E-state index in [1.807, 2.05) is 38.1 Å². The van der Waals surface area contributed by atoms with Gasteiger partial charge in [-0.25, -0.2) is 9.78 Å². The van der Waals surface area contributed by atoms with Crippen molar-refractivity contribution in [1.29, 1.82) is 0 Å². The van der Waals surface area contributed by atoms with Crippen LogP contribution < -0.4 is 5.56 Å². The average Bonchev–Trinajstić information content (AvgIpc) is 3.37. The van der Waals surface area contributed by atoms with Gasteiger partial charge in [0.2, 0.25) is 5.69 Å². The number of carbonyl (C=O) groups is 1. The van der Waals surface area contributed by atoms with E-state index in [0.29, 0.717) is 17.6 Å². The largest absolute Gasteiger partial charge is 0.461 e. The van der Waals surface area contributed by atoms with Crippen molar-refractivity contribution in [2.45, 2.75) is 136 Å². The first-order valence-corrected chi connectivity index (χ1v) is 15.5. The predicted octanol–water partition coefficient (Wildman–Crippen LogP) is 7.69. The van der Waals surface area contributed by atoms with E-state index in [4.69, 9.17) is 4.74 Å². The Morgan fingerprint density at radius 3 is 2.18 bits per heavy atom. The quantitative estimate of drug-likeness (QED) is 0.362. The van der Waals surface area contributed by atoms with Crippen LogP contribution in [-0.2, 0) is 4.74 Å². The lowest BCUT2D eigenvalue weighted by atomic mass is 9.95. The van der Waals surface area contributed by atoms with E-state index in [1.165, 1.54) is 90.0 Å². The molecule has 38 heavy (non-hydrogen) atoms. The minimum absolute atomic E-state index is 0.0320. The molecule has 2 aromatic rings. The second kappa shape index (κ2) is 16.0. The standard InChI is InChI=1S/C30H45N3O3.C2H6/c1-3-36-30(35)28-29(34)33(27-20-14-13-19-26(27)31-28)23(2)22-25-18-15-21-32(25)24-16-11-9-7-5-4-6-8-10-12-17-24;1-2/h13-14,19-20,23-25H,3-12,15-18,21-22H2,1-2H3;1-2H3. The van der Waals surface area contributed by atoms with Gasteiger partial charge in [-0.15, -0.1) is 0 Å². The van der Waals surface area contributed by atoms with E-state index in [-0.39, 0.29) is 23.9 Å². The van der Waals surface area contributed by atoms with Crippen LogP contribution in [0.25, 0.3) is 11.0 Å². The van der Waals surface area contributed by atoms with E-state index in [1.54, 1.807) is 11.5 Å². The number of carbonyl (C=O) groups excluding carboxylic acids is 1. The minimum atomic E-state index is -0.634. The fraction of sp³-hybridized carbons (Fsp3) is 0.719. The highest BCUT2D eigenvalue weighted by Gasteiger charge is 2.32. The number of ether oxygens (including phenoxy) is 1. The van der Waals surface area contributed by atoms with Gasteiger partial charge in [-0.05, 0) is 64.6 Å². The summed E-state index contributed by atoms with van der Waals surface area (Å²) in [6, 6.07) is 8.74. The second-order valence-electron chi connectivity index (χ2n) is 10.9. The number of nitrogens with zero attached hydrogens (tertiary/aromatic N) is 3. The first-order chi connectivity index (χ1) is 18.6. The molecule has 2 heterocycles. The number of aromatic nitrogens is 2. The van der Waals surface area contributed by atoms with Crippen molar-refractivity contribution in [1.82, 2.24) is 14.5 Å². The zero-order chi connectivity index (χ0) is 27.3. The smallest absolute Gasteiger partial charge is 0.362 e. The number of rotatable bonds is 6. The van der Waals surface area contributed by atoms with Gasteiger partial charge < -0.3 is 9.30 Å². The summed E-state index contributed by atoms with van der Waals surface area (Å²) in [6.45, 7) is 9.26. The van der Waals surface area contributed by atoms with Crippen LogP contribution in [0.2, 0.25) is 0 Å². The molecule has 0 bridgehead atoms. The SMILES string of the molecule is CC.CCOC(=O)c1nc2ccccc2n(C(C)CC2CCCN2C2CCCCCCCCCCC2)c1=O. The Kier molecular flexibility index (Phi) is 12.8. The predicted molar refractivity (Wildman–Crippen MR) is 157 cm³/mol. The first-order valence-electron chi connectivity index (χ1n) is 15.5. The van der Waals surface area contributed by atoms with Crippen molar-refractivity contribution in [3.8, 4) is 0 Å². The summed E-state index contributed by atoms with van der Waals surface area (Å²) in [5.41, 5.74) is 1.01. The second-order valence-corrected chi connectivity index (χ2v) is 10.9. The lowest BCUT2D eigenvalue weighted by molar-refractivity contribution is 0.0516. The maximum Gasteiger partial charge on any atom is 0.362 e. The third-order valence-electron chi connectivity index (χ3n) is 8.28. The van der Waals surface area contributed by atoms with Crippen LogP contribution in [0.3, 0.4) is 0 Å². The van der Waals surface area contributed by atoms with Crippen molar-refractivity contribution < 1.29 is 9.53 Å². The van der Waals surface area contributed by atoms with Gasteiger partial charge in [-0.1, -0.05) is 83.8 Å². The molecule has 2 atom stereocenters. The maximum absolute atomic E-state index is 13.5. The van der Waals surface area contributed by atoms with Crippen molar-refractivity contribution in [3.05, 3.63) is 40.3 Å². The summed E-state index contributed by atoms with van der Waals surface area (Å²) in [5.74, 6) is -0.634. The molecule has 1 saturated heterocycles. The fourth-order valence-electron chi connectivity index (χ4n) is 6.49. The third kappa shape index (κ3) is 7.91. The van der Waals surface area contributed by atoms with E-state index >= 15 is 0 Å². The molecule has 2 unspecified atom stereocenters. The Morgan fingerprint density at radius 1 is 0.947 bits per heavy atom. The Morgan fingerprint density at radius 2 is 1.55 bits per heavy atom. The highest BCUT2D eigenvalue weighted by Crippen LogP contribution is 2.32.